The summed E-state index contributed by atoms with van der Waals surface area (Å²) in [6.07, 6.45) is -9.39. The van der Waals surface area contributed by atoms with E-state index in [4.69, 9.17) is 59.8 Å². The van der Waals surface area contributed by atoms with Gasteiger partial charge in [-0.15, -0.1) is 0 Å². The van der Waals surface area contributed by atoms with Crippen molar-refractivity contribution >= 4 is 17.9 Å². The summed E-state index contributed by atoms with van der Waals surface area (Å²) in [6.45, 7) is 8.36. The molecule has 0 aliphatic carbocycles. The topological polar surface area (TPSA) is 293 Å². The number of nitrogens with two attached hydrogens (primary N) is 3. The Balaban J connectivity index is 1.84. The fourth-order valence-corrected chi connectivity index (χ4v) is 6.91. The van der Waals surface area contributed by atoms with Gasteiger partial charge in [0.15, 0.2) is 18.9 Å². The van der Waals surface area contributed by atoms with Crippen molar-refractivity contribution in [3.05, 3.63) is 0 Å². The average Bonchev–Trinajstić information content (AvgIpc) is 3.18. The first-order valence-corrected chi connectivity index (χ1v) is 21.0. The molecule has 3 heterocycles. The standard InChI is InChI=1S/C39H71N3O16/c1-6-9-12-15-25(43)50-18-22-35(31(46)28(40)37(49)54-22)57-39-30(42)33(48)36(24(56-39)20-52-27(45)17-14-11-8-3)58-38-29(41)32(47)34(53-21(4)5)23(55-38)19-51-26(44)16-13-10-7-2/h21-24,28-39,46-49H,6-20,40-42H2,1-5H3/t22?,23?,24?,28?,29?,30?,31-,32-,33-,34-,35-,36-,37+,38-,39-/m0/s1. The minimum absolute atomic E-state index is 0.123. The van der Waals surface area contributed by atoms with Gasteiger partial charge in [-0.05, 0) is 33.1 Å². The quantitative estimate of drug-likeness (QED) is 0.0387. The summed E-state index contributed by atoms with van der Waals surface area (Å²) in [6, 6.07) is -4.00. The van der Waals surface area contributed by atoms with Crippen LogP contribution in [-0.4, -0.2) is 156 Å². The maximum absolute atomic E-state index is 12.7. The number of carbonyl (C=O) groups is 3. The molecule has 0 aromatic heterocycles. The van der Waals surface area contributed by atoms with Gasteiger partial charge < -0.3 is 80.3 Å². The largest absolute Gasteiger partial charge is 0.463 e. The monoisotopic (exact) mass is 837 g/mol. The molecule has 0 bridgehead atoms. The smallest absolute Gasteiger partial charge is 0.305 e. The number of hydrogen-bond donors (Lipinski definition) is 7. The van der Waals surface area contributed by atoms with Crippen LogP contribution in [0.25, 0.3) is 0 Å². The van der Waals surface area contributed by atoms with Gasteiger partial charge in [0.1, 0.15) is 74.8 Å². The Morgan fingerprint density at radius 3 is 1.26 bits per heavy atom. The Hall–Kier alpha value is -2.11. The van der Waals surface area contributed by atoms with Crippen LogP contribution < -0.4 is 17.2 Å². The third-order valence-electron chi connectivity index (χ3n) is 10.4. The first-order chi connectivity index (χ1) is 27.6. The minimum Gasteiger partial charge on any atom is -0.463 e. The fourth-order valence-electron chi connectivity index (χ4n) is 6.91. The van der Waals surface area contributed by atoms with E-state index in [9.17, 15) is 34.8 Å². The van der Waals surface area contributed by atoms with Crippen LogP contribution in [0, 0.1) is 0 Å². The Labute approximate surface area is 341 Å². The van der Waals surface area contributed by atoms with Crippen molar-refractivity contribution < 1.29 is 77.4 Å². The zero-order chi connectivity index (χ0) is 42.9. The van der Waals surface area contributed by atoms with Crippen molar-refractivity contribution in [1.29, 1.82) is 0 Å². The van der Waals surface area contributed by atoms with Crippen LogP contribution in [-0.2, 0) is 57.0 Å². The van der Waals surface area contributed by atoms with Crippen LogP contribution in [0.4, 0.5) is 0 Å². The van der Waals surface area contributed by atoms with Gasteiger partial charge in [-0.2, -0.15) is 0 Å². The second-order valence-corrected chi connectivity index (χ2v) is 15.6. The molecule has 0 aromatic carbocycles. The van der Waals surface area contributed by atoms with Gasteiger partial charge in [0, 0.05) is 19.3 Å². The van der Waals surface area contributed by atoms with Crippen molar-refractivity contribution in [2.75, 3.05) is 19.8 Å². The highest BCUT2D eigenvalue weighted by molar-refractivity contribution is 5.70. The predicted molar refractivity (Wildman–Crippen MR) is 205 cm³/mol. The van der Waals surface area contributed by atoms with Crippen molar-refractivity contribution in [2.24, 2.45) is 17.2 Å². The van der Waals surface area contributed by atoms with Gasteiger partial charge in [-0.1, -0.05) is 59.3 Å². The molecule has 0 aromatic rings. The van der Waals surface area contributed by atoms with Crippen LogP contribution >= 0.6 is 0 Å². The van der Waals surface area contributed by atoms with E-state index in [0.29, 0.717) is 19.3 Å². The van der Waals surface area contributed by atoms with E-state index in [1.807, 2.05) is 20.8 Å². The van der Waals surface area contributed by atoms with E-state index in [1.54, 1.807) is 13.8 Å². The van der Waals surface area contributed by atoms with E-state index in [-0.39, 0.29) is 32.0 Å². The normalized spacial score (nSPS) is 35.4. The number of carbonyl (C=O) groups excluding carboxylic acids is 3. The second-order valence-electron chi connectivity index (χ2n) is 15.6. The maximum Gasteiger partial charge on any atom is 0.305 e. The van der Waals surface area contributed by atoms with Crippen LogP contribution in [0.5, 0.6) is 0 Å². The highest BCUT2D eigenvalue weighted by Gasteiger charge is 2.53. The summed E-state index contributed by atoms with van der Waals surface area (Å²) in [7, 11) is 0. The SMILES string of the molecule is CCCCCC(=O)OCC1O[C@@H](O[C@H]2C(COC(=O)CCCCC)O[C@@H](O[C@H]3C(COC(=O)CCCCC)O[C@@H](O)C(N)[C@@H]3O)C(N)[C@@H]2O)C(N)[C@H](O)[C@H]1OC(C)C. The molecule has 15 atom stereocenters. The first-order valence-electron chi connectivity index (χ1n) is 21.0. The lowest BCUT2D eigenvalue weighted by molar-refractivity contribution is -0.350. The molecule has 6 unspecified atom stereocenters. The molecule has 0 radical (unpaired) electrons. The summed E-state index contributed by atoms with van der Waals surface area (Å²) in [5.41, 5.74) is 19.0. The molecule has 3 aliphatic heterocycles. The lowest BCUT2D eigenvalue weighted by atomic mass is 9.94. The molecular weight excluding hydrogens is 766 g/mol. The predicted octanol–water partition coefficient (Wildman–Crippen LogP) is 0.153. The van der Waals surface area contributed by atoms with E-state index in [1.165, 1.54) is 0 Å². The molecule has 3 saturated heterocycles. The number of ether oxygens (including phenoxy) is 9. The van der Waals surface area contributed by atoms with E-state index in [2.05, 4.69) is 0 Å². The minimum atomic E-state index is -1.63. The lowest BCUT2D eigenvalue weighted by Gasteiger charge is -2.49. The van der Waals surface area contributed by atoms with Crippen LogP contribution in [0.3, 0.4) is 0 Å². The average molecular weight is 838 g/mol. The summed E-state index contributed by atoms with van der Waals surface area (Å²) in [4.78, 5) is 37.7. The van der Waals surface area contributed by atoms with Crippen molar-refractivity contribution in [3.63, 3.8) is 0 Å². The Morgan fingerprint density at radius 2 is 0.879 bits per heavy atom. The lowest BCUT2D eigenvalue weighted by Crippen LogP contribution is -2.69. The Morgan fingerprint density at radius 1 is 0.534 bits per heavy atom. The highest BCUT2D eigenvalue weighted by Crippen LogP contribution is 2.32. The van der Waals surface area contributed by atoms with Gasteiger partial charge in [0.05, 0.1) is 24.2 Å². The maximum atomic E-state index is 12.7. The van der Waals surface area contributed by atoms with Crippen molar-refractivity contribution in [3.8, 4) is 0 Å². The van der Waals surface area contributed by atoms with Crippen LogP contribution in [0.2, 0.25) is 0 Å². The molecule has 0 amide bonds. The number of hydrogen-bond acceptors (Lipinski definition) is 19. The molecule has 19 nitrogen and oxygen atoms in total. The highest BCUT2D eigenvalue weighted by atomic mass is 16.7. The summed E-state index contributed by atoms with van der Waals surface area (Å²) in [5.74, 6) is -1.50. The third kappa shape index (κ3) is 15.1. The molecule has 3 fully saturated rings. The number of unbranched alkanes of at least 4 members (excludes halogenated alkanes) is 6. The molecule has 10 N–H and O–H groups in total. The molecule has 0 saturated carbocycles. The fraction of sp³-hybridized carbons (Fsp3) is 0.923. The van der Waals surface area contributed by atoms with Gasteiger partial charge in [0.25, 0.3) is 0 Å². The number of rotatable bonds is 24. The summed E-state index contributed by atoms with van der Waals surface area (Å²) in [5, 5.41) is 44.6. The Bertz CT molecular complexity index is 1220. The van der Waals surface area contributed by atoms with Gasteiger partial charge in [-0.3, -0.25) is 14.4 Å². The molecule has 19 heteroatoms. The van der Waals surface area contributed by atoms with Crippen molar-refractivity contribution in [1.82, 2.24) is 0 Å². The zero-order valence-electron chi connectivity index (χ0n) is 34.8. The van der Waals surface area contributed by atoms with Gasteiger partial charge in [-0.25, -0.2) is 0 Å². The summed E-state index contributed by atoms with van der Waals surface area (Å²) < 4.78 is 52.7. The van der Waals surface area contributed by atoms with Crippen LogP contribution in [0.15, 0.2) is 0 Å². The van der Waals surface area contributed by atoms with Gasteiger partial charge >= 0.3 is 17.9 Å². The molecule has 338 valence electrons. The van der Waals surface area contributed by atoms with E-state index in [0.717, 1.165) is 38.5 Å². The molecular formula is C39H71N3O16. The molecule has 58 heavy (non-hydrogen) atoms. The zero-order valence-corrected chi connectivity index (χ0v) is 34.8. The summed E-state index contributed by atoms with van der Waals surface area (Å²) >= 11 is 0. The molecule has 0 spiro atoms. The van der Waals surface area contributed by atoms with Gasteiger partial charge in [0.2, 0.25) is 0 Å². The third-order valence-corrected chi connectivity index (χ3v) is 10.4. The number of aliphatic hydroxyl groups is 4. The molecule has 3 aliphatic rings. The number of esters is 3. The van der Waals surface area contributed by atoms with E-state index >= 15 is 0 Å². The second kappa shape index (κ2) is 25.6. The molecule has 3 rings (SSSR count). The Kier molecular flexibility index (Phi) is 22.2. The van der Waals surface area contributed by atoms with Crippen molar-refractivity contribution in [2.45, 2.75) is 210 Å². The van der Waals surface area contributed by atoms with E-state index < -0.39 is 123 Å². The van der Waals surface area contributed by atoms with Crippen LogP contribution in [0.1, 0.15) is 112 Å². The first kappa shape index (κ1) is 50.2. The number of aliphatic hydroxyl groups excluding tert-OH is 4.